The summed E-state index contributed by atoms with van der Waals surface area (Å²) >= 11 is 0.819. The number of carboxylic acid groups (broad SMARTS) is 1. The molecule has 0 radical (unpaired) electrons. The third-order valence-corrected chi connectivity index (χ3v) is 7.67. The van der Waals surface area contributed by atoms with Crippen LogP contribution >= 0.6 is 11.3 Å². The zero-order valence-corrected chi connectivity index (χ0v) is 19.1. The molecule has 0 bridgehead atoms. The van der Waals surface area contributed by atoms with Gasteiger partial charge in [0, 0.05) is 17.2 Å². The van der Waals surface area contributed by atoms with E-state index in [0.29, 0.717) is 33.9 Å². The smallest absolute Gasteiger partial charge is 0.396 e. The Morgan fingerprint density at radius 2 is 1.73 bits per heavy atom. The second-order valence-corrected chi connectivity index (χ2v) is 10.1. The minimum atomic E-state index is -4.39. The lowest BCUT2D eigenvalue weighted by molar-refractivity contribution is -0.117. The minimum Gasteiger partial charge on any atom is -0.478 e. The van der Waals surface area contributed by atoms with Crippen LogP contribution in [0.1, 0.15) is 36.5 Å². The Balaban J connectivity index is 1.98. The van der Waals surface area contributed by atoms with Crippen LogP contribution in [0, 0.1) is 0 Å². The molecule has 0 aliphatic rings. The Morgan fingerprint density at radius 3 is 2.36 bits per heavy atom. The number of fused-ring (bicyclic) bond motifs is 3. The Bertz CT molecular complexity index is 1530. The largest absolute Gasteiger partial charge is 0.478 e. The van der Waals surface area contributed by atoms with Crippen molar-refractivity contribution in [2.24, 2.45) is 0 Å². The number of unbranched alkanes of at least 4 members (excludes halogenated alkanes) is 1. The number of benzene rings is 3. The number of sulfonamides is 1. The molecule has 0 unspecified atom stereocenters. The van der Waals surface area contributed by atoms with Crippen molar-refractivity contribution in [2.75, 3.05) is 4.31 Å². The molecule has 33 heavy (non-hydrogen) atoms. The van der Waals surface area contributed by atoms with Crippen LogP contribution in [0.2, 0.25) is 0 Å². The SMILES string of the molecule is CCCCC(=O)N(c1cc2sc(=O)oc2c2ccccc12)S(=O)(=O)c1ccc(C(=O)O)cc1. The molecule has 0 saturated carbocycles. The molecule has 1 N–H and O–H groups in total. The Hall–Kier alpha value is -3.50. The van der Waals surface area contributed by atoms with Gasteiger partial charge in [-0.05, 0) is 36.8 Å². The molecule has 1 aromatic heterocycles. The maximum absolute atomic E-state index is 13.7. The van der Waals surface area contributed by atoms with E-state index in [-0.39, 0.29) is 22.6 Å². The van der Waals surface area contributed by atoms with Gasteiger partial charge in [0.25, 0.3) is 10.0 Å². The van der Waals surface area contributed by atoms with Crippen LogP contribution in [0.25, 0.3) is 21.1 Å². The van der Waals surface area contributed by atoms with Crippen molar-refractivity contribution in [3.63, 3.8) is 0 Å². The van der Waals surface area contributed by atoms with E-state index in [2.05, 4.69) is 0 Å². The van der Waals surface area contributed by atoms with Crippen LogP contribution in [0.4, 0.5) is 5.69 Å². The molecule has 1 amide bonds. The van der Waals surface area contributed by atoms with Crippen molar-refractivity contribution in [1.82, 2.24) is 0 Å². The first-order chi connectivity index (χ1) is 15.7. The summed E-state index contributed by atoms with van der Waals surface area (Å²) in [6.45, 7) is 1.89. The average molecular weight is 486 g/mol. The van der Waals surface area contributed by atoms with Gasteiger partial charge in [-0.25, -0.2) is 22.3 Å². The number of carbonyl (C=O) groups is 2. The Morgan fingerprint density at radius 1 is 1.06 bits per heavy atom. The van der Waals surface area contributed by atoms with E-state index < -0.39 is 26.8 Å². The van der Waals surface area contributed by atoms with Gasteiger partial charge in [0.2, 0.25) is 5.91 Å². The number of anilines is 1. The van der Waals surface area contributed by atoms with Crippen molar-refractivity contribution in [3.8, 4) is 0 Å². The number of amides is 1. The summed E-state index contributed by atoms with van der Waals surface area (Å²) in [5.41, 5.74) is 0.361. The predicted octanol–water partition coefficient (Wildman–Crippen LogP) is 4.62. The second kappa shape index (κ2) is 8.80. The fourth-order valence-corrected chi connectivity index (χ4v) is 5.73. The summed E-state index contributed by atoms with van der Waals surface area (Å²) < 4.78 is 33.8. The van der Waals surface area contributed by atoms with Crippen molar-refractivity contribution in [3.05, 3.63) is 69.9 Å². The molecule has 0 saturated heterocycles. The maximum Gasteiger partial charge on any atom is 0.396 e. The lowest BCUT2D eigenvalue weighted by Crippen LogP contribution is -2.37. The molecule has 8 nitrogen and oxygen atoms in total. The van der Waals surface area contributed by atoms with E-state index in [9.17, 15) is 22.8 Å². The highest BCUT2D eigenvalue weighted by molar-refractivity contribution is 7.93. The van der Waals surface area contributed by atoms with E-state index in [1.54, 1.807) is 24.3 Å². The van der Waals surface area contributed by atoms with E-state index in [4.69, 9.17) is 9.52 Å². The van der Waals surface area contributed by atoms with Crippen molar-refractivity contribution < 1.29 is 27.5 Å². The van der Waals surface area contributed by atoms with Crippen LogP contribution in [-0.4, -0.2) is 25.4 Å². The van der Waals surface area contributed by atoms with Crippen molar-refractivity contribution in [2.45, 2.75) is 31.1 Å². The molecule has 3 aromatic carbocycles. The molecule has 4 aromatic rings. The third-order valence-electron chi connectivity index (χ3n) is 5.15. The zero-order chi connectivity index (χ0) is 23.8. The number of rotatable bonds is 7. The van der Waals surface area contributed by atoms with Gasteiger partial charge < -0.3 is 9.52 Å². The molecular formula is C23H19NO7S2. The van der Waals surface area contributed by atoms with E-state index >= 15 is 0 Å². The number of aromatic carboxylic acids is 1. The highest BCUT2D eigenvalue weighted by Gasteiger charge is 2.33. The molecule has 0 spiro atoms. The summed E-state index contributed by atoms with van der Waals surface area (Å²) in [6.07, 6.45) is 1.18. The number of carbonyl (C=O) groups excluding carboxylic acids is 1. The fraction of sp³-hybridized carbons (Fsp3) is 0.174. The summed E-state index contributed by atoms with van der Waals surface area (Å²) in [7, 11) is -4.39. The molecule has 4 rings (SSSR count). The fourth-order valence-electron chi connectivity index (χ4n) is 3.55. The van der Waals surface area contributed by atoms with Gasteiger partial charge in [-0.3, -0.25) is 4.79 Å². The number of nitrogens with zero attached hydrogens (tertiary/aromatic N) is 1. The van der Waals surface area contributed by atoms with Crippen molar-refractivity contribution >= 4 is 60.0 Å². The topological polar surface area (TPSA) is 122 Å². The molecule has 0 aliphatic carbocycles. The Labute approximate surface area is 192 Å². The first-order valence-electron chi connectivity index (χ1n) is 10.1. The lowest BCUT2D eigenvalue weighted by Gasteiger charge is -2.24. The Kier molecular flexibility index (Phi) is 6.05. The first-order valence-corrected chi connectivity index (χ1v) is 12.4. The normalized spacial score (nSPS) is 11.7. The molecule has 0 atom stereocenters. The van der Waals surface area contributed by atoms with E-state index in [0.717, 1.165) is 27.8 Å². The van der Waals surface area contributed by atoms with Gasteiger partial charge in [0.15, 0.2) is 5.58 Å². The van der Waals surface area contributed by atoms with E-state index in [1.807, 2.05) is 6.92 Å². The lowest BCUT2D eigenvalue weighted by atomic mass is 10.1. The van der Waals surface area contributed by atoms with Gasteiger partial charge in [-0.1, -0.05) is 48.9 Å². The van der Waals surface area contributed by atoms with Gasteiger partial charge in [0.1, 0.15) is 0 Å². The number of hydrogen-bond donors (Lipinski definition) is 1. The number of carboxylic acids is 1. The van der Waals surface area contributed by atoms with E-state index in [1.165, 1.54) is 18.2 Å². The zero-order valence-electron chi connectivity index (χ0n) is 17.5. The monoisotopic (exact) mass is 485 g/mol. The molecule has 1 heterocycles. The minimum absolute atomic E-state index is 0.00305. The quantitative estimate of drug-likeness (QED) is 0.405. The molecular weight excluding hydrogens is 466 g/mol. The summed E-state index contributed by atoms with van der Waals surface area (Å²) in [4.78, 5) is 35.6. The molecule has 0 aliphatic heterocycles. The highest BCUT2D eigenvalue weighted by atomic mass is 32.2. The highest BCUT2D eigenvalue weighted by Crippen LogP contribution is 2.38. The van der Waals surface area contributed by atoms with Gasteiger partial charge in [-0.15, -0.1) is 0 Å². The van der Waals surface area contributed by atoms with Gasteiger partial charge in [0.05, 0.1) is 20.8 Å². The summed E-state index contributed by atoms with van der Waals surface area (Å²) in [6, 6.07) is 12.9. The summed E-state index contributed by atoms with van der Waals surface area (Å²) in [5, 5.41) is 10.1. The first kappa shape index (κ1) is 22.7. The van der Waals surface area contributed by atoms with Crippen LogP contribution in [0.15, 0.2) is 68.7 Å². The maximum atomic E-state index is 13.7. The van der Waals surface area contributed by atoms with Crippen LogP contribution < -0.4 is 9.24 Å². The van der Waals surface area contributed by atoms with Crippen LogP contribution in [0.3, 0.4) is 0 Å². The van der Waals surface area contributed by atoms with Crippen molar-refractivity contribution in [1.29, 1.82) is 0 Å². The molecule has 10 heteroatoms. The average Bonchev–Trinajstić information content (AvgIpc) is 3.18. The van der Waals surface area contributed by atoms with Gasteiger partial charge >= 0.3 is 10.9 Å². The molecule has 0 fully saturated rings. The third kappa shape index (κ3) is 4.14. The van der Waals surface area contributed by atoms with Crippen LogP contribution in [0.5, 0.6) is 0 Å². The number of hydrogen-bond acceptors (Lipinski definition) is 7. The molecule has 170 valence electrons. The predicted molar refractivity (Wildman–Crippen MR) is 125 cm³/mol. The second-order valence-electron chi connectivity index (χ2n) is 7.32. The van der Waals surface area contributed by atoms with Gasteiger partial charge in [-0.2, -0.15) is 0 Å². The summed E-state index contributed by atoms with van der Waals surface area (Å²) in [5.74, 6) is -1.82. The van der Waals surface area contributed by atoms with Crippen LogP contribution in [-0.2, 0) is 14.8 Å². The standard InChI is InChI=1S/C23H19NO7S2/c1-2-3-8-20(25)24(33(29,30)15-11-9-14(10-12-15)22(26)27)18-13-19-21(31-23(28)32-19)17-7-5-4-6-16(17)18/h4-7,9-13H,2-3,8H2,1H3,(H,26,27).